The van der Waals surface area contributed by atoms with Crippen LogP contribution in [0, 0.1) is 6.92 Å². The topological polar surface area (TPSA) is 47.1 Å². The summed E-state index contributed by atoms with van der Waals surface area (Å²) >= 11 is 6.32. The standard InChI is InChI=1S/C16H23ClN4/c1-11-14(10-20(3)19-11)16(9-18)21(4)12(2)13-7-5-6-8-15(13)17/h5-8,10,12,16H,9,18H2,1-4H3. The predicted molar refractivity (Wildman–Crippen MR) is 87.4 cm³/mol. The summed E-state index contributed by atoms with van der Waals surface area (Å²) in [6.07, 6.45) is 2.04. The highest BCUT2D eigenvalue weighted by Crippen LogP contribution is 2.32. The third-order valence-electron chi connectivity index (χ3n) is 4.09. The first-order chi connectivity index (χ1) is 9.95. The molecule has 0 spiro atoms. The number of aryl methyl sites for hydroxylation is 2. The minimum absolute atomic E-state index is 0.116. The van der Waals surface area contributed by atoms with Crippen molar-refractivity contribution < 1.29 is 0 Å². The molecule has 4 nitrogen and oxygen atoms in total. The van der Waals surface area contributed by atoms with Crippen molar-refractivity contribution in [1.82, 2.24) is 14.7 Å². The SMILES string of the molecule is Cc1nn(C)cc1C(CN)N(C)C(C)c1ccccc1Cl. The van der Waals surface area contributed by atoms with Gasteiger partial charge < -0.3 is 5.73 Å². The van der Waals surface area contributed by atoms with E-state index in [-0.39, 0.29) is 12.1 Å². The molecular formula is C16H23ClN4. The highest BCUT2D eigenvalue weighted by atomic mass is 35.5. The first-order valence-electron chi connectivity index (χ1n) is 7.12. The highest BCUT2D eigenvalue weighted by Gasteiger charge is 2.25. The minimum atomic E-state index is 0.116. The van der Waals surface area contributed by atoms with Gasteiger partial charge >= 0.3 is 0 Å². The third-order valence-corrected chi connectivity index (χ3v) is 4.44. The van der Waals surface area contributed by atoms with Crippen molar-refractivity contribution in [1.29, 1.82) is 0 Å². The quantitative estimate of drug-likeness (QED) is 0.923. The molecule has 2 N–H and O–H groups in total. The van der Waals surface area contributed by atoms with E-state index in [1.165, 1.54) is 5.56 Å². The average Bonchev–Trinajstić information content (AvgIpc) is 2.78. The van der Waals surface area contributed by atoms with Gasteiger partial charge in [-0.1, -0.05) is 29.8 Å². The van der Waals surface area contributed by atoms with Gasteiger partial charge in [0, 0.05) is 36.4 Å². The van der Waals surface area contributed by atoms with E-state index in [0.717, 1.165) is 16.3 Å². The fourth-order valence-electron chi connectivity index (χ4n) is 2.76. The number of nitrogens with zero attached hydrogens (tertiary/aromatic N) is 3. The normalized spacial score (nSPS) is 14.4. The van der Waals surface area contributed by atoms with Gasteiger partial charge in [-0.2, -0.15) is 5.10 Å². The zero-order valence-electron chi connectivity index (χ0n) is 13.0. The van der Waals surface area contributed by atoms with Crippen LogP contribution < -0.4 is 5.73 Å². The van der Waals surface area contributed by atoms with Crippen LogP contribution in [0.2, 0.25) is 5.02 Å². The Hall–Kier alpha value is -1.36. The van der Waals surface area contributed by atoms with Crippen LogP contribution in [-0.2, 0) is 7.05 Å². The van der Waals surface area contributed by atoms with Crippen molar-refractivity contribution >= 4 is 11.6 Å². The van der Waals surface area contributed by atoms with Crippen LogP contribution in [0.4, 0.5) is 0 Å². The molecule has 2 unspecified atom stereocenters. The molecular weight excluding hydrogens is 284 g/mol. The largest absolute Gasteiger partial charge is 0.329 e. The number of rotatable bonds is 5. The molecule has 1 heterocycles. The first kappa shape index (κ1) is 16.0. The van der Waals surface area contributed by atoms with E-state index in [1.54, 1.807) is 0 Å². The number of benzene rings is 1. The predicted octanol–water partition coefficient (Wildman–Crippen LogP) is 3.07. The highest BCUT2D eigenvalue weighted by molar-refractivity contribution is 6.31. The van der Waals surface area contributed by atoms with E-state index < -0.39 is 0 Å². The molecule has 1 aromatic heterocycles. The summed E-state index contributed by atoms with van der Waals surface area (Å²) in [5.41, 5.74) is 9.33. The van der Waals surface area contributed by atoms with Gasteiger partial charge in [0.2, 0.25) is 0 Å². The number of hydrogen-bond donors (Lipinski definition) is 1. The van der Waals surface area contributed by atoms with Crippen molar-refractivity contribution in [2.75, 3.05) is 13.6 Å². The van der Waals surface area contributed by atoms with Gasteiger partial charge in [-0.3, -0.25) is 9.58 Å². The zero-order valence-corrected chi connectivity index (χ0v) is 13.8. The van der Waals surface area contributed by atoms with Gasteiger partial charge in [0.1, 0.15) is 0 Å². The maximum atomic E-state index is 6.32. The molecule has 0 amide bonds. The van der Waals surface area contributed by atoms with Crippen LogP contribution in [0.3, 0.4) is 0 Å². The Morgan fingerprint density at radius 3 is 2.52 bits per heavy atom. The molecule has 5 heteroatoms. The molecule has 2 rings (SSSR count). The van der Waals surface area contributed by atoms with Crippen LogP contribution in [-0.4, -0.2) is 28.3 Å². The van der Waals surface area contributed by atoms with Crippen molar-refractivity contribution in [2.45, 2.75) is 25.9 Å². The number of likely N-dealkylation sites (N-methyl/N-ethyl adjacent to an activating group) is 1. The van der Waals surface area contributed by atoms with Crippen molar-refractivity contribution in [3.05, 3.63) is 52.3 Å². The summed E-state index contributed by atoms with van der Waals surface area (Å²) in [5.74, 6) is 0. The molecule has 0 fully saturated rings. The molecule has 0 aliphatic rings. The second-order valence-corrected chi connectivity index (χ2v) is 5.87. The van der Waals surface area contributed by atoms with Gasteiger partial charge in [-0.15, -0.1) is 0 Å². The van der Waals surface area contributed by atoms with E-state index in [2.05, 4.69) is 30.0 Å². The monoisotopic (exact) mass is 306 g/mol. The number of halogens is 1. The van der Waals surface area contributed by atoms with E-state index in [1.807, 2.05) is 43.0 Å². The zero-order chi connectivity index (χ0) is 15.6. The first-order valence-corrected chi connectivity index (χ1v) is 7.50. The number of hydrogen-bond acceptors (Lipinski definition) is 3. The lowest BCUT2D eigenvalue weighted by Gasteiger charge is -2.33. The molecule has 0 saturated carbocycles. The van der Waals surface area contributed by atoms with Crippen molar-refractivity contribution in [3.63, 3.8) is 0 Å². The van der Waals surface area contributed by atoms with E-state index in [4.69, 9.17) is 17.3 Å². The summed E-state index contributed by atoms with van der Waals surface area (Å²) in [6.45, 7) is 4.71. The third kappa shape index (κ3) is 3.28. The summed E-state index contributed by atoms with van der Waals surface area (Å²) in [4.78, 5) is 2.26. The van der Waals surface area contributed by atoms with Crippen LogP contribution in [0.15, 0.2) is 30.5 Å². The van der Waals surface area contributed by atoms with E-state index in [9.17, 15) is 0 Å². The summed E-state index contributed by atoms with van der Waals surface area (Å²) in [6, 6.07) is 8.24. The van der Waals surface area contributed by atoms with Crippen LogP contribution in [0.1, 0.15) is 35.8 Å². The van der Waals surface area contributed by atoms with Gasteiger partial charge in [-0.05, 0) is 32.5 Å². The molecule has 114 valence electrons. The molecule has 21 heavy (non-hydrogen) atoms. The summed E-state index contributed by atoms with van der Waals surface area (Å²) in [5, 5.41) is 5.21. The molecule has 2 aromatic rings. The maximum absolute atomic E-state index is 6.32. The summed E-state index contributed by atoms with van der Waals surface area (Å²) in [7, 11) is 4.01. The molecule has 2 atom stereocenters. The Bertz CT molecular complexity index is 608. The molecule has 0 aliphatic heterocycles. The lowest BCUT2D eigenvalue weighted by Crippen LogP contribution is -2.33. The Kier molecular flexibility index (Phi) is 5.04. The van der Waals surface area contributed by atoms with Gasteiger partial charge in [0.05, 0.1) is 11.7 Å². The van der Waals surface area contributed by atoms with Gasteiger partial charge in [-0.25, -0.2) is 0 Å². The smallest absolute Gasteiger partial charge is 0.0641 e. The van der Waals surface area contributed by atoms with E-state index in [0.29, 0.717) is 6.54 Å². The van der Waals surface area contributed by atoms with Crippen molar-refractivity contribution in [2.24, 2.45) is 12.8 Å². The Morgan fingerprint density at radius 1 is 1.33 bits per heavy atom. The fourth-order valence-corrected chi connectivity index (χ4v) is 3.05. The van der Waals surface area contributed by atoms with Crippen LogP contribution in [0.25, 0.3) is 0 Å². The Balaban J connectivity index is 2.30. The van der Waals surface area contributed by atoms with Gasteiger partial charge in [0.25, 0.3) is 0 Å². The Labute approximate surface area is 131 Å². The average molecular weight is 307 g/mol. The maximum Gasteiger partial charge on any atom is 0.0641 e. The second-order valence-electron chi connectivity index (χ2n) is 5.46. The molecule has 0 aliphatic carbocycles. The lowest BCUT2D eigenvalue weighted by atomic mass is 10.0. The fraction of sp³-hybridized carbons (Fsp3) is 0.438. The lowest BCUT2D eigenvalue weighted by molar-refractivity contribution is 0.190. The van der Waals surface area contributed by atoms with Crippen LogP contribution in [0.5, 0.6) is 0 Å². The van der Waals surface area contributed by atoms with Crippen molar-refractivity contribution in [3.8, 4) is 0 Å². The summed E-state index contributed by atoms with van der Waals surface area (Å²) < 4.78 is 1.83. The molecule has 0 radical (unpaired) electrons. The van der Waals surface area contributed by atoms with Crippen LogP contribution >= 0.6 is 11.6 Å². The van der Waals surface area contributed by atoms with Gasteiger partial charge in [0.15, 0.2) is 0 Å². The molecule has 0 bridgehead atoms. The molecule has 0 saturated heterocycles. The Morgan fingerprint density at radius 2 is 2.00 bits per heavy atom. The minimum Gasteiger partial charge on any atom is -0.329 e. The molecule has 1 aromatic carbocycles. The van der Waals surface area contributed by atoms with E-state index >= 15 is 0 Å². The number of aromatic nitrogens is 2. The number of nitrogens with two attached hydrogens (primary N) is 1. The second kappa shape index (κ2) is 6.60.